The minimum atomic E-state index is -3.62. The molecule has 0 fully saturated rings. The molecule has 0 unspecified atom stereocenters. The summed E-state index contributed by atoms with van der Waals surface area (Å²) in [5.74, 6) is 0.803. The van der Waals surface area contributed by atoms with Gasteiger partial charge in [0.25, 0.3) is 0 Å². The van der Waals surface area contributed by atoms with Crippen LogP contribution in [-0.2, 0) is 16.4 Å². The number of guanidine groups is 1. The minimum Gasteiger partial charge on any atom is -0.356 e. The van der Waals surface area contributed by atoms with E-state index in [2.05, 4.69) is 22.5 Å². The molecule has 148 valence electrons. The Bertz CT molecular complexity index is 627. The first-order valence-electron chi connectivity index (χ1n) is 9.53. The van der Waals surface area contributed by atoms with Crippen molar-refractivity contribution < 1.29 is 8.42 Å². The normalized spacial score (nSPS) is 12.2. The van der Waals surface area contributed by atoms with Crippen molar-refractivity contribution in [2.45, 2.75) is 63.2 Å². The predicted molar refractivity (Wildman–Crippen MR) is 109 cm³/mol. The Morgan fingerprint density at radius 3 is 2.12 bits per heavy atom. The van der Waals surface area contributed by atoms with Crippen molar-refractivity contribution in [3.05, 3.63) is 29.8 Å². The third-order valence-corrected chi connectivity index (χ3v) is 5.18. The molecule has 4 N–H and O–H groups in total. The number of sulfonamides is 1. The number of nitrogens with one attached hydrogen (secondary N) is 2. The van der Waals surface area contributed by atoms with Gasteiger partial charge in [0.05, 0.1) is 4.90 Å². The predicted octanol–water partition coefficient (Wildman–Crippen LogP) is 2.79. The standard InChI is InChI=1S/C19H34N4O2S/c1-3-4-5-6-7-8-9-15-22-19(21-2)23-16-14-17-10-12-18(13-11-17)26(20,24)25/h10-13H,3-9,14-16H2,1-2H3,(H2,20,24,25)(H2,21,22,23). The Balaban J connectivity index is 2.18. The molecular weight excluding hydrogens is 348 g/mol. The molecule has 0 saturated carbocycles. The van der Waals surface area contributed by atoms with E-state index in [1.807, 2.05) is 0 Å². The third kappa shape index (κ3) is 9.77. The number of unbranched alkanes of at least 4 members (excludes halogenated alkanes) is 6. The van der Waals surface area contributed by atoms with Gasteiger partial charge in [-0.2, -0.15) is 0 Å². The van der Waals surface area contributed by atoms with Gasteiger partial charge in [0.15, 0.2) is 5.96 Å². The topological polar surface area (TPSA) is 96.6 Å². The van der Waals surface area contributed by atoms with Gasteiger partial charge in [-0.05, 0) is 30.5 Å². The van der Waals surface area contributed by atoms with Crippen molar-refractivity contribution in [3.8, 4) is 0 Å². The van der Waals surface area contributed by atoms with E-state index in [-0.39, 0.29) is 4.90 Å². The highest BCUT2D eigenvalue weighted by Crippen LogP contribution is 2.09. The smallest absolute Gasteiger partial charge is 0.238 e. The first kappa shape index (κ1) is 22.4. The van der Waals surface area contributed by atoms with Gasteiger partial charge < -0.3 is 10.6 Å². The SMILES string of the molecule is CCCCCCCCCNC(=NC)NCCc1ccc(S(N)(=O)=O)cc1. The zero-order valence-electron chi connectivity index (χ0n) is 16.1. The fourth-order valence-electron chi connectivity index (χ4n) is 2.68. The fraction of sp³-hybridized carbons (Fsp3) is 0.632. The minimum absolute atomic E-state index is 0.140. The van der Waals surface area contributed by atoms with E-state index in [4.69, 9.17) is 5.14 Å². The van der Waals surface area contributed by atoms with Crippen LogP contribution in [0.3, 0.4) is 0 Å². The van der Waals surface area contributed by atoms with Crippen LogP contribution in [0, 0.1) is 0 Å². The van der Waals surface area contributed by atoms with Crippen LogP contribution < -0.4 is 15.8 Å². The Hall–Kier alpha value is -1.60. The molecule has 0 amide bonds. The van der Waals surface area contributed by atoms with E-state index in [9.17, 15) is 8.42 Å². The molecule has 0 radical (unpaired) electrons. The average molecular weight is 383 g/mol. The first-order chi connectivity index (χ1) is 12.5. The molecule has 0 aliphatic rings. The molecule has 0 aliphatic carbocycles. The van der Waals surface area contributed by atoms with E-state index >= 15 is 0 Å². The molecule has 0 saturated heterocycles. The molecule has 1 rings (SSSR count). The molecular formula is C19H34N4O2S. The number of benzene rings is 1. The van der Waals surface area contributed by atoms with Crippen molar-refractivity contribution in [2.75, 3.05) is 20.1 Å². The lowest BCUT2D eigenvalue weighted by atomic mass is 10.1. The van der Waals surface area contributed by atoms with Crippen molar-refractivity contribution in [3.63, 3.8) is 0 Å². The zero-order chi connectivity index (χ0) is 19.3. The van der Waals surface area contributed by atoms with Gasteiger partial charge in [-0.1, -0.05) is 57.6 Å². The van der Waals surface area contributed by atoms with Crippen LogP contribution in [0.15, 0.2) is 34.2 Å². The summed E-state index contributed by atoms with van der Waals surface area (Å²) in [6, 6.07) is 6.66. The Labute approximate surface area is 158 Å². The number of hydrogen-bond acceptors (Lipinski definition) is 3. The van der Waals surface area contributed by atoms with Gasteiger partial charge in [0.2, 0.25) is 10.0 Å². The van der Waals surface area contributed by atoms with Gasteiger partial charge in [0, 0.05) is 20.1 Å². The quantitative estimate of drug-likeness (QED) is 0.294. The molecule has 0 atom stereocenters. The number of primary sulfonamides is 1. The van der Waals surface area contributed by atoms with Gasteiger partial charge in [-0.3, -0.25) is 4.99 Å². The summed E-state index contributed by atoms with van der Waals surface area (Å²) in [5.41, 5.74) is 1.05. The van der Waals surface area contributed by atoms with Crippen molar-refractivity contribution in [1.82, 2.24) is 10.6 Å². The average Bonchev–Trinajstić information content (AvgIpc) is 2.62. The van der Waals surface area contributed by atoms with Crippen LogP contribution in [0.5, 0.6) is 0 Å². The van der Waals surface area contributed by atoms with Gasteiger partial charge in [0.1, 0.15) is 0 Å². The molecule has 1 aromatic carbocycles. The molecule has 7 heteroatoms. The van der Waals surface area contributed by atoms with E-state index in [1.165, 1.54) is 50.7 Å². The molecule has 0 aromatic heterocycles. The highest BCUT2D eigenvalue weighted by Gasteiger charge is 2.06. The number of nitrogens with two attached hydrogens (primary N) is 1. The molecule has 1 aromatic rings. The highest BCUT2D eigenvalue weighted by atomic mass is 32.2. The summed E-state index contributed by atoms with van der Waals surface area (Å²) in [6.07, 6.45) is 9.83. The maximum absolute atomic E-state index is 11.2. The van der Waals surface area contributed by atoms with E-state index < -0.39 is 10.0 Å². The first-order valence-corrected chi connectivity index (χ1v) is 11.1. The van der Waals surface area contributed by atoms with E-state index in [1.54, 1.807) is 19.2 Å². The summed E-state index contributed by atoms with van der Waals surface area (Å²) in [4.78, 5) is 4.36. The zero-order valence-corrected chi connectivity index (χ0v) is 16.9. The maximum atomic E-state index is 11.2. The van der Waals surface area contributed by atoms with Gasteiger partial charge in [-0.25, -0.2) is 13.6 Å². The summed E-state index contributed by atoms with van der Waals surface area (Å²) < 4.78 is 22.5. The highest BCUT2D eigenvalue weighted by molar-refractivity contribution is 7.89. The monoisotopic (exact) mass is 382 g/mol. The van der Waals surface area contributed by atoms with E-state index in [0.717, 1.165) is 37.5 Å². The molecule has 0 heterocycles. The summed E-state index contributed by atoms with van der Waals surface area (Å²) in [5, 5.41) is 11.7. The van der Waals surface area contributed by atoms with Crippen molar-refractivity contribution in [1.29, 1.82) is 0 Å². The number of rotatable bonds is 12. The molecule has 6 nitrogen and oxygen atoms in total. The molecule has 0 spiro atoms. The summed E-state index contributed by atoms with van der Waals surface area (Å²) >= 11 is 0. The Morgan fingerprint density at radius 1 is 0.962 bits per heavy atom. The van der Waals surface area contributed by atoms with Crippen LogP contribution in [0.25, 0.3) is 0 Å². The molecule has 0 aliphatic heterocycles. The second-order valence-corrected chi connectivity index (χ2v) is 8.05. The Kier molecular flexibility index (Phi) is 11.0. The van der Waals surface area contributed by atoms with Crippen LogP contribution in [0.4, 0.5) is 0 Å². The van der Waals surface area contributed by atoms with Crippen LogP contribution >= 0.6 is 0 Å². The lowest BCUT2D eigenvalue weighted by molar-refractivity contribution is 0.584. The number of nitrogens with zero attached hydrogens (tertiary/aromatic N) is 1. The van der Waals surface area contributed by atoms with Crippen molar-refractivity contribution in [2.24, 2.45) is 10.1 Å². The van der Waals surface area contributed by atoms with Gasteiger partial charge in [-0.15, -0.1) is 0 Å². The fourth-order valence-corrected chi connectivity index (χ4v) is 3.20. The summed E-state index contributed by atoms with van der Waals surface area (Å²) in [7, 11) is -1.86. The lowest BCUT2D eigenvalue weighted by Crippen LogP contribution is -2.38. The van der Waals surface area contributed by atoms with Crippen molar-refractivity contribution >= 4 is 16.0 Å². The second-order valence-electron chi connectivity index (χ2n) is 6.49. The van der Waals surface area contributed by atoms with Crippen LogP contribution in [0.1, 0.15) is 57.4 Å². The lowest BCUT2D eigenvalue weighted by Gasteiger charge is -2.12. The Morgan fingerprint density at radius 2 is 1.54 bits per heavy atom. The van der Waals surface area contributed by atoms with Crippen LogP contribution in [0.2, 0.25) is 0 Å². The van der Waals surface area contributed by atoms with Crippen LogP contribution in [-0.4, -0.2) is 34.5 Å². The third-order valence-electron chi connectivity index (χ3n) is 4.25. The van der Waals surface area contributed by atoms with E-state index in [0.29, 0.717) is 0 Å². The number of aliphatic imine (C=N–C) groups is 1. The largest absolute Gasteiger partial charge is 0.356 e. The maximum Gasteiger partial charge on any atom is 0.238 e. The van der Waals surface area contributed by atoms with Gasteiger partial charge >= 0.3 is 0 Å². The summed E-state index contributed by atoms with van der Waals surface area (Å²) in [6.45, 7) is 3.89. The second kappa shape index (κ2) is 12.7. The molecule has 26 heavy (non-hydrogen) atoms. The molecule has 0 bridgehead atoms. The number of hydrogen-bond donors (Lipinski definition) is 3.